The summed E-state index contributed by atoms with van der Waals surface area (Å²) in [5, 5.41) is 0. The van der Waals surface area contributed by atoms with E-state index in [1.165, 1.54) is 50.9 Å². The zero-order valence-corrected chi connectivity index (χ0v) is 8.47. The van der Waals surface area contributed by atoms with Crippen LogP contribution in [0.2, 0.25) is 0 Å². The van der Waals surface area contributed by atoms with Gasteiger partial charge in [0, 0.05) is 18.8 Å². The molecule has 12 heavy (non-hydrogen) atoms. The van der Waals surface area contributed by atoms with Gasteiger partial charge in [0.1, 0.15) is 0 Å². The Bertz CT molecular complexity index is 143. The van der Waals surface area contributed by atoms with Gasteiger partial charge in [-0.2, -0.15) is 0 Å². The van der Waals surface area contributed by atoms with Gasteiger partial charge in [-0.15, -0.1) is 0 Å². The second-order valence-corrected chi connectivity index (χ2v) is 3.68. The molecule has 1 saturated heterocycles. The minimum atomic E-state index is 1.26. The summed E-state index contributed by atoms with van der Waals surface area (Å²) in [5.41, 5.74) is 1.50. The van der Waals surface area contributed by atoms with E-state index in [1.807, 2.05) is 0 Å². The van der Waals surface area contributed by atoms with Crippen LogP contribution in [-0.2, 0) is 0 Å². The van der Waals surface area contributed by atoms with Crippen molar-refractivity contribution >= 4 is 0 Å². The Morgan fingerprint density at radius 1 is 1.33 bits per heavy atom. The Balaban J connectivity index is 2.24. The molecular formula is C11H21N. The van der Waals surface area contributed by atoms with Crippen LogP contribution in [0.1, 0.15) is 46.0 Å². The van der Waals surface area contributed by atoms with Gasteiger partial charge in [0.15, 0.2) is 0 Å². The fourth-order valence-corrected chi connectivity index (χ4v) is 1.71. The molecule has 1 heteroatoms. The summed E-state index contributed by atoms with van der Waals surface area (Å²) in [6, 6.07) is 0. The van der Waals surface area contributed by atoms with E-state index in [0.717, 1.165) is 0 Å². The van der Waals surface area contributed by atoms with Crippen molar-refractivity contribution in [1.29, 1.82) is 0 Å². The molecule has 70 valence electrons. The lowest BCUT2D eigenvalue weighted by molar-refractivity contribution is 0.425. The third-order valence-electron chi connectivity index (χ3n) is 2.60. The molecule has 0 atom stereocenters. The van der Waals surface area contributed by atoms with Crippen molar-refractivity contribution in [2.45, 2.75) is 46.0 Å². The first-order chi connectivity index (χ1) is 5.84. The summed E-state index contributed by atoms with van der Waals surface area (Å²) < 4.78 is 0. The number of likely N-dealkylation sites (tertiary alicyclic amines) is 1. The van der Waals surface area contributed by atoms with Gasteiger partial charge in [0.25, 0.3) is 0 Å². The first kappa shape index (κ1) is 9.63. The SMILES string of the molecule is CCCC/C=C(\C)N1CCCC1. The molecule has 0 N–H and O–H groups in total. The number of hydrogen-bond acceptors (Lipinski definition) is 1. The minimum absolute atomic E-state index is 1.26. The first-order valence-electron chi connectivity index (χ1n) is 5.26. The molecule has 0 amide bonds. The van der Waals surface area contributed by atoms with E-state index in [4.69, 9.17) is 0 Å². The lowest BCUT2D eigenvalue weighted by Gasteiger charge is -2.17. The molecule has 0 aromatic heterocycles. The molecule has 0 unspecified atom stereocenters. The molecule has 0 saturated carbocycles. The van der Waals surface area contributed by atoms with E-state index in [9.17, 15) is 0 Å². The maximum Gasteiger partial charge on any atom is 0.0175 e. The van der Waals surface area contributed by atoms with Crippen molar-refractivity contribution in [3.63, 3.8) is 0 Å². The summed E-state index contributed by atoms with van der Waals surface area (Å²) in [4.78, 5) is 2.51. The van der Waals surface area contributed by atoms with Gasteiger partial charge in [-0.3, -0.25) is 0 Å². The van der Waals surface area contributed by atoms with Gasteiger partial charge >= 0.3 is 0 Å². The van der Waals surface area contributed by atoms with Gasteiger partial charge in [-0.1, -0.05) is 25.8 Å². The van der Waals surface area contributed by atoms with Crippen LogP contribution in [0.15, 0.2) is 11.8 Å². The number of hydrogen-bond donors (Lipinski definition) is 0. The maximum absolute atomic E-state index is 2.51. The van der Waals surface area contributed by atoms with E-state index in [2.05, 4.69) is 24.8 Å². The number of nitrogens with zero attached hydrogens (tertiary/aromatic N) is 1. The monoisotopic (exact) mass is 167 g/mol. The summed E-state index contributed by atoms with van der Waals surface area (Å²) in [5.74, 6) is 0. The molecule has 0 aromatic carbocycles. The lowest BCUT2D eigenvalue weighted by Crippen LogP contribution is -2.16. The van der Waals surface area contributed by atoms with E-state index < -0.39 is 0 Å². The van der Waals surface area contributed by atoms with Crippen LogP contribution in [0.3, 0.4) is 0 Å². The number of rotatable bonds is 4. The third-order valence-corrected chi connectivity index (χ3v) is 2.60. The summed E-state index contributed by atoms with van der Waals surface area (Å²) >= 11 is 0. The van der Waals surface area contributed by atoms with Gasteiger partial charge in [-0.25, -0.2) is 0 Å². The van der Waals surface area contributed by atoms with Crippen molar-refractivity contribution < 1.29 is 0 Å². The van der Waals surface area contributed by atoms with Crippen molar-refractivity contribution in [3.05, 3.63) is 11.8 Å². The molecule has 0 spiro atoms. The number of unbranched alkanes of at least 4 members (excludes halogenated alkanes) is 2. The first-order valence-corrected chi connectivity index (χ1v) is 5.26. The normalized spacial score (nSPS) is 18.8. The van der Waals surface area contributed by atoms with Crippen molar-refractivity contribution in [2.24, 2.45) is 0 Å². The van der Waals surface area contributed by atoms with Crippen LogP contribution in [-0.4, -0.2) is 18.0 Å². The molecule has 1 rings (SSSR count). The number of allylic oxidation sites excluding steroid dienone is 2. The Labute approximate surface area is 76.5 Å². The maximum atomic E-state index is 2.51. The van der Waals surface area contributed by atoms with Crippen molar-refractivity contribution in [1.82, 2.24) is 4.90 Å². The Kier molecular flexibility index (Phi) is 4.20. The van der Waals surface area contributed by atoms with Crippen LogP contribution in [0.5, 0.6) is 0 Å². The van der Waals surface area contributed by atoms with Crippen LogP contribution in [0.25, 0.3) is 0 Å². The predicted octanol–water partition coefficient (Wildman–Crippen LogP) is 3.18. The lowest BCUT2D eigenvalue weighted by atomic mass is 10.2. The summed E-state index contributed by atoms with van der Waals surface area (Å²) in [6.45, 7) is 7.07. The highest BCUT2D eigenvalue weighted by molar-refractivity contribution is 4.98. The second-order valence-electron chi connectivity index (χ2n) is 3.68. The average molecular weight is 167 g/mol. The summed E-state index contributed by atoms with van der Waals surface area (Å²) in [7, 11) is 0. The van der Waals surface area contributed by atoms with Crippen molar-refractivity contribution in [2.75, 3.05) is 13.1 Å². The quantitative estimate of drug-likeness (QED) is 0.581. The molecule has 0 bridgehead atoms. The molecule has 0 radical (unpaired) electrons. The van der Waals surface area contributed by atoms with Gasteiger partial charge in [0.05, 0.1) is 0 Å². The van der Waals surface area contributed by atoms with Crippen LogP contribution in [0, 0.1) is 0 Å². The molecule has 0 aromatic rings. The van der Waals surface area contributed by atoms with Crippen LogP contribution < -0.4 is 0 Å². The van der Waals surface area contributed by atoms with E-state index in [-0.39, 0.29) is 0 Å². The zero-order chi connectivity index (χ0) is 8.81. The van der Waals surface area contributed by atoms with Crippen LogP contribution in [0.4, 0.5) is 0 Å². The second kappa shape index (κ2) is 5.23. The van der Waals surface area contributed by atoms with E-state index >= 15 is 0 Å². The fraction of sp³-hybridized carbons (Fsp3) is 0.818. The molecule has 1 fully saturated rings. The van der Waals surface area contributed by atoms with Gasteiger partial charge in [-0.05, 0) is 26.2 Å². The van der Waals surface area contributed by atoms with Crippen LogP contribution >= 0.6 is 0 Å². The van der Waals surface area contributed by atoms with E-state index in [0.29, 0.717) is 0 Å². The predicted molar refractivity (Wildman–Crippen MR) is 54.1 cm³/mol. The minimum Gasteiger partial charge on any atom is -0.375 e. The fourth-order valence-electron chi connectivity index (χ4n) is 1.71. The molecule has 0 aliphatic carbocycles. The van der Waals surface area contributed by atoms with Gasteiger partial charge < -0.3 is 4.90 Å². The smallest absolute Gasteiger partial charge is 0.0175 e. The van der Waals surface area contributed by atoms with Crippen molar-refractivity contribution in [3.8, 4) is 0 Å². The largest absolute Gasteiger partial charge is 0.375 e. The standard InChI is InChI=1S/C11H21N/c1-3-4-5-8-11(2)12-9-6-7-10-12/h8H,3-7,9-10H2,1-2H3/b11-8+. The Morgan fingerprint density at radius 2 is 2.00 bits per heavy atom. The Morgan fingerprint density at radius 3 is 2.58 bits per heavy atom. The molecular weight excluding hydrogens is 146 g/mol. The highest BCUT2D eigenvalue weighted by Crippen LogP contribution is 2.14. The molecule has 1 aliphatic rings. The molecule has 1 aliphatic heterocycles. The van der Waals surface area contributed by atoms with E-state index in [1.54, 1.807) is 0 Å². The molecule has 1 heterocycles. The Hall–Kier alpha value is -0.460. The topological polar surface area (TPSA) is 3.24 Å². The average Bonchev–Trinajstić information content (AvgIpc) is 2.56. The highest BCUT2D eigenvalue weighted by Gasteiger charge is 2.10. The third kappa shape index (κ3) is 2.88. The highest BCUT2D eigenvalue weighted by atomic mass is 15.1. The summed E-state index contributed by atoms with van der Waals surface area (Å²) in [6.07, 6.45) is 9.08. The zero-order valence-electron chi connectivity index (χ0n) is 8.47. The molecule has 1 nitrogen and oxygen atoms in total. The van der Waals surface area contributed by atoms with Gasteiger partial charge in [0.2, 0.25) is 0 Å².